The Kier molecular flexibility index (Phi) is 2.05. The molecule has 0 aliphatic carbocycles. The van der Waals surface area contributed by atoms with E-state index in [-0.39, 0.29) is 0 Å². The fourth-order valence-corrected chi connectivity index (χ4v) is 0. The van der Waals surface area contributed by atoms with E-state index in [0.717, 1.165) is 0 Å². The zero-order chi connectivity index (χ0) is 4.50. The normalized spacial score (nSPS) is 12.0. The van der Waals surface area contributed by atoms with Crippen LogP contribution in [0.4, 0.5) is 0 Å². The number of hydrogen-bond donors (Lipinski definition) is 0. The van der Waals surface area contributed by atoms with Crippen molar-refractivity contribution in [2.24, 2.45) is 0 Å². The van der Waals surface area contributed by atoms with Crippen LogP contribution in [-0.2, 0) is 0 Å². The minimum Gasteiger partial charge on any atom is -0.145 e. The third-order valence-corrected chi connectivity index (χ3v) is 0. The summed E-state index contributed by atoms with van der Waals surface area (Å²) in [6.07, 6.45) is 0. The summed E-state index contributed by atoms with van der Waals surface area (Å²) in [5.74, 6) is 0. The lowest BCUT2D eigenvalue weighted by Crippen LogP contribution is -1.99. The predicted octanol–water partition coefficient (Wildman–Crippen LogP) is 1.44. The maximum atomic E-state index is 2.82. The lowest BCUT2D eigenvalue weighted by atomic mass is 11.9. The van der Waals surface area contributed by atoms with Crippen molar-refractivity contribution >= 4 is 25.0 Å². The Labute approximate surface area is 38.8 Å². The summed E-state index contributed by atoms with van der Waals surface area (Å²) in [4.78, 5) is 0. The smallest absolute Gasteiger partial charge is 0.0889 e. The van der Waals surface area contributed by atoms with E-state index in [4.69, 9.17) is 0 Å². The van der Waals surface area contributed by atoms with Gasteiger partial charge in [0, 0.05) is 0 Å². The molecule has 32 valence electrons. The molecule has 0 fully saturated rings. The first kappa shape index (κ1) is 6.08. The van der Waals surface area contributed by atoms with Crippen molar-refractivity contribution in [1.29, 1.82) is 0 Å². The highest BCUT2D eigenvalue weighted by Gasteiger charge is 2.00. The van der Waals surface area contributed by atoms with E-state index < -0.39 is 7.41 Å². The van der Waals surface area contributed by atoms with Crippen LogP contribution in [0.15, 0.2) is 0 Å². The Balaban J connectivity index is 3.02. The Bertz CT molecular complexity index is 23.1. The first-order valence-electron chi connectivity index (χ1n) is 1.58. The van der Waals surface area contributed by atoms with Gasteiger partial charge in [-0.05, 0) is 0 Å². The van der Waals surface area contributed by atoms with Gasteiger partial charge >= 0.3 is 0 Å². The quantitative estimate of drug-likeness (QED) is 0.338. The van der Waals surface area contributed by atoms with Crippen LogP contribution in [-0.4, -0.2) is 7.41 Å². The third-order valence-electron chi connectivity index (χ3n) is 0. The molecule has 0 nitrogen and oxygen atoms in total. The molecule has 0 aromatic rings. The molecule has 0 heterocycles. The van der Waals surface area contributed by atoms with Crippen LogP contribution in [0.25, 0.3) is 0 Å². The summed E-state index contributed by atoms with van der Waals surface area (Å²) < 4.78 is 0. The Hall–Kier alpha value is 1.08. The average Bonchev–Trinajstić information content (AvgIpc) is 0.722. The molecule has 0 radical (unpaired) electrons. The summed E-state index contributed by atoms with van der Waals surface area (Å²) in [6, 6.07) is 0. The number of rotatable bonds is 0. The van der Waals surface area contributed by atoms with Gasteiger partial charge in [0.15, 0.2) is 0 Å². The van der Waals surface area contributed by atoms with E-state index in [0.29, 0.717) is 0 Å². The second kappa shape index (κ2) is 1.68. The summed E-state index contributed by atoms with van der Waals surface area (Å²) in [7, 11) is 4.86. The van der Waals surface area contributed by atoms with E-state index in [1.165, 1.54) is 0 Å². The zero-order valence-electron chi connectivity index (χ0n) is 3.65. The Morgan fingerprint density at radius 1 is 1.20 bits per heavy atom. The van der Waals surface area contributed by atoms with Gasteiger partial charge in [-0.15, -0.1) is 17.6 Å². The molecule has 3 heteroatoms. The number of hydrogen-bond acceptors (Lipinski definition) is 0. The molecule has 0 bridgehead atoms. The lowest BCUT2D eigenvalue weighted by Gasteiger charge is -2.01. The maximum Gasteiger partial charge on any atom is 0.0889 e. The monoisotopic (exact) mass is 124 g/mol. The van der Waals surface area contributed by atoms with Gasteiger partial charge in [-0.2, -0.15) is 0 Å². The van der Waals surface area contributed by atoms with Crippen molar-refractivity contribution < 1.29 is 0 Å². The predicted molar refractivity (Wildman–Crippen MR) is 36.9 cm³/mol. The summed E-state index contributed by atoms with van der Waals surface area (Å²) in [5.41, 5.74) is 0. The van der Waals surface area contributed by atoms with Crippen molar-refractivity contribution in [3.63, 3.8) is 0 Å². The van der Waals surface area contributed by atoms with Gasteiger partial charge in [-0.3, -0.25) is 0 Å². The third kappa shape index (κ3) is 41.4. The van der Waals surface area contributed by atoms with Crippen molar-refractivity contribution in [3.8, 4) is 0 Å². The minimum atomic E-state index is -0.778. The summed E-state index contributed by atoms with van der Waals surface area (Å²) in [5, 5.41) is 0. The van der Waals surface area contributed by atoms with Crippen LogP contribution in [0.5, 0.6) is 0 Å². The average molecular weight is 124 g/mol. The van der Waals surface area contributed by atoms with Crippen molar-refractivity contribution in [2.45, 2.75) is 13.1 Å². The highest BCUT2D eigenvalue weighted by molar-refractivity contribution is 7.99. The van der Waals surface area contributed by atoms with E-state index in [9.17, 15) is 0 Å². The fraction of sp³-hybridized carbons (Fsp3) is 1.00. The highest BCUT2D eigenvalue weighted by Crippen LogP contribution is 2.17. The van der Waals surface area contributed by atoms with Gasteiger partial charge in [0.25, 0.3) is 0 Å². The first-order valence-corrected chi connectivity index (χ1v) is 8.20. The highest BCUT2D eigenvalue weighted by atomic mass is 31.6. The summed E-state index contributed by atoms with van der Waals surface area (Å²) >= 11 is 0. The van der Waals surface area contributed by atoms with E-state index in [1.807, 2.05) is 0 Å². The van der Waals surface area contributed by atoms with Crippen molar-refractivity contribution in [1.82, 2.24) is 0 Å². The van der Waals surface area contributed by atoms with Gasteiger partial charge in [-0.25, -0.2) is 0 Å². The van der Waals surface area contributed by atoms with Crippen molar-refractivity contribution in [3.05, 3.63) is 0 Å². The molecule has 0 aliphatic heterocycles. The molecule has 0 aromatic carbocycles. The maximum absolute atomic E-state index is 2.82. The summed E-state index contributed by atoms with van der Waals surface area (Å²) in [6.45, 7) is 4.50. The van der Waals surface area contributed by atoms with E-state index >= 15 is 0 Å². The first-order chi connectivity index (χ1) is 2.00. The second-order valence-corrected chi connectivity index (χ2v) is 16.4. The van der Waals surface area contributed by atoms with Gasteiger partial charge in [0.1, 0.15) is 0 Å². The van der Waals surface area contributed by atoms with Gasteiger partial charge in [0.2, 0.25) is 0 Å². The van der Waals surface area contributed by atoms with Crippen LogP contribution in [0.1, 0.15) is 0 Å². The van der Waals surface area contributed by atoms with Crippen LogP contribution in [0, 0.1) is 0 Å². The molecule has 0 aromatic heterocycles. The van der Waals surface area contributed by atoms with Gasteiger partial charge in [0.05, 0.1) is 7.41 Å². The standard InChI is InChI=1S/C2H10P2Si/c1-5(2,3)4/h3-4H2,1-2H3. The fourth-order valence-electron chi connectivity index (χ4n) is 0. The minimum absolute atomic E-state index is 0.778. The van der Waals surface area contributed by atoms with Crippen molar-refractivity contribution in [2.75, 3.05) is 0 Å². The Morgan fingerprint density at radius 3 is 1.20 bits per heavy atom. The molecule has 0 saturated carbocycles. The molecule has 0 rings (SSSR count). The van der Waals surface area contributed by atoms with E-state index in [2.05, 4.69) is 30.7 Å². The van der Waals surface area contributed by atoms with Crippen LogP contribution < -0.4 is 0 Å². The van der Waals surface area contributed by atoms with E-state index in [1.54, 1.807) is 0 Å². The lowest BCUT2D eigenvalue weighted by molar-refractivity contribution is 2.08. The van der Waals surface area contributed by atoms with Gasteiger partial charge in [-0.1, -0.05) is 13.1 Å². The van der Waals surface area contributed by atoms with Crippen LogP contribution in [0.2, 0.25) is 13.1 Å². The SMILES string of the molecule is C[Si](C)(P)P. The molecule has 0 amide bonds. The molecule has 0 spiro atoms. The molecule has 0 N–H and O–H groups in total. The molecule has 0 aliphatic rings. The topological polar surface area (TPSA) is 0 Å². The molecule has 2 unspecified atom stereocenters. The Morgan fingerprint density at radius 2 is 1.20 bits per heavy atom. The molecule has 0 saturated heterocycles. The van der Waals surface area contributed by atoms with Crippen LogP contribution >= 0.6 is 17.6 Å². The molecule has 2 atom stereocenters. The zero-order valence-corrected chi connectivity index (χ0v) is 6.96. The van der Waals surface area contributed by atoms with Gasteiger partial charge < -0.3 is 0 Å². The molecule has 5 heavy (non-hydrogen) atoms. The largest absolute Gasteiger partial charge is 0.145 e. The van der Waals surface area contributed by atoms with Crippen LogP contribution in [0.3, 0.4) is 0 Å². The molecular weight excluding hydrogens is 114 g/mol. The molecular formula is C2H10P2Si. The second-order valence-electron chi connectivity index (χ2n) is 1.82.